The van der Waals surface area contributed by atoms with Gasteiger partial charge in [-0.25, -0.2) is 0 Å². The molecular formula is C16H25NO4. The molecule has 1 aromatic carbocycles. The lowest BCUT2D eigenvalue weighted by atomic mass is 9.88. The van der Waals surface area contributed by atoms with Crippen molar-refractivity contribution in [1.29, 1.82) is 0 Å². The van der Waals surface area contributed by atoms with Gasteiger partial charge in [-0.15, -0.1) is 0 Å². The van der Waals surface area contributed by atoms with Crippen molar-refractivity contribution in [2.45, 2.75) is 39.0 Å². The molecule has 1 rings (SSSR count). The molecule has 5 heteroatoms. The molecule has 0 heterocycles. The second kappa shape index (κ2) is 8.52. The van der Waals surface area contributed by atoms with Crippen LogP contribution >= 0.6 is 0 Å². The third-order valence-corrected chi connectivity index (χ3v) is 3.99. The van der Waals surface area contributed by atoms with Crippen LogP contribution in [0.15, 0.2) is 18.2 Å². The van der Waals surface area contributed by atoms with Crippen LogP contribution in [0.3, 0.4) is 0 Å². The zero-order valence-corrected chi connectivity index (χ0v) is 12.5. The van der Waals surface area contributed by atoms with E-state index in [0.717, 1.165) is 19.3 Å². The predicted octanol–water partition coefficient (Wildman–Crippen LogP) is 2.50. The number of benzene rings is 1. The molecular weight excluding hydrogens is 270 g/mol. The highest BCUT2D eigenvalue weighted by molar-refractivity contribution is 5.70. The van der Waals surface area contributed by atoms with Crippen molar-refractivity contribution in [3.8, 4) is 11.5 Å². The first-order valence-corrected chi connectivity index (χ1v) is 7.42. The Labute approximate surface area is 125 Å². The first-order chi connectivity index (χ1) is 9.99. The predicted molar refractivity (Wildman–Crippen MR) is 81.3 cm³/mol. The molecule has 0 aliphatic heterocycles. The van der Waals surface area contributed by atoms with Gasteiger partial charge in [-0.1, -0.05) is 25.8 Å². The summed E-state index contributed by atoms with van der Waals surface area (Å²) >= 11 is 0. The van der Waals surface area contributed by atoms with Crippen LogP contribution in [0, 0.1) is 11.8 Å². The molecule has 0 fully saturated rings. The fraction of sp³-hybridized carbons (Fsp3) is 0.562. The smallest absolute Gasteiger partial charge is 0.307 e. The number of phenols is 2. The van der Waals surface area contributed by atoms with Crippen LogP contribution in [0.2, 0.25) is 0 Å². The summed E-state index contributed by atoms with van der Waals surface area (Å²) in [5.74, 6) is -0.827. The van der Waals surface area contributed by atoms with Gasteiger partial charge in [0.1, 0.15) is 11.5 Å². The molecule has 0 aromatic heterocycles. The van der Waals surface area contributed by atoms with Crippen LogP contribution < -0.4 is 5.73 Å². The summed E-state index contributed by atoms with van der Waals surface area (Å²) in [7, 11) is 0. The van der Waals surface area contributed by atoms with Crippen LogP contribution in [0.5, 0.6) is 11.5 Å². The van der Waals surface area contributed by atoms with Crippen LogP contribution in [0.1, 0.15) is 38.2 Å². The summed E-state index contributed by atoms with van der Waals surface area (Å²) in [6, 6.07) is 4.71. The minimum atomic E-state index is -0.839. The van der Waals surface area contributed by atoms with E-state index in [-0.39, 0.29) is 18.0 Å². The Hall–Kier alpha value is -1.75. The standard InChI is InChI=1S/C16H25NO4/c1-2-11(9-12(10-17)16(20)21)5-3-6-13-14(18)7-4-8-15(13)19/h4,7-8,11-12,18-19H,2-3,5-6,9-10,17H2,1H3,(H,20,21). The summed E-state index contributed by atoms with van der Waals surface area (Å²) in [6.45, 7) is 2.20. The lowest BCUT2D eigenvalue weighted by Crippen LogP contribution is -2.25. The maximum atomic E-state index is 11.0. The maximum Gasteiger partial charge on any atom is 0.307 e. The minimum absolute atomic E-state index is 0.105. The SMILES string of the molecule is CCC(CCCc1c(O)cccc1O)CC(CN)C(=O)O. The molecule has 0 aliphatic rings. The van der Waals surface area contributed by atoms with Gasteiger partial charge in [0.05, 0.1) is 5.92 Å². The summed E-state index contributed by atoms with van der Waals surface area (Å²) in [4.78, 5) is 11.0. The van der Waals surface area contributed by atoms with E-state index in [1.165, 1.54) is 0 Å². The number of phenolic OH excluding ortho intramolecular Hbond substituents is 2. The van der Waals surface area contributed by atoms with Crippen molar-refractivity contribution < 1.29 is 20.1 Å². The van der Waals surface area contributed by atoms with Gasteiger partial charge in [0.25, 0.3) is 0 Å². The summed E-state index contributed by atoms with van der Waals surface area (Å²) in [6.07, 6.45) is 3.70. The third kappa shape index (κ3) is 5.27. The number of aliphatic carboxylic acids is 1. The first-order valence-electron chi connectivity index (χ1n) is 7.42. The van der Waals surface area contributed by atoms with Crippen LogP contribution in [-0.4, -0.2) is 27.8 Å². The molecule has 0 radical (unpaired) electrons. The number of carboxylic acids is 1. The molecule has 0 saturated heterocycles. The van der Waals surface area contributed by atoms with Crippen molar-refractivity contribution in [3.05, 3.63) is 23.8 Å². The lowest BCUT2D eigenvalue weighted by molar-refractivity contribution is -0.142. The largest absolute Gasteiger partial charge is 0.508 e. The normalized spacial score (nSPS) is 13.8. The number of hydrogen-bond acceptors (Lipinski definition) is 4. The topological polar surface area (TPSA) is 104 Å². The highest BCUT2D eigenvalue weighted by Crippen LogP contribution is 2.29. The molecule has 2 atom stereocenters. The molecule has 118 valence electrons. The Kier molecular flexibility index (Phi) is 7.02. The van der Waals surface area contributed by atoms with Gasteiger partial charge in [-0.2, -0.15) is 0 Å². The average molecular weight is 295 g/mol. The van der Waals surface area contributed by atoms with Gasteiger partial charge >= 0.3 is 5.97 Å². The highest BCUT2D eigenvalue weighted by Gasteiger charge is 2.20. The van der Waals surface area contributed by atoms with Gasteiger partial charge in [0.15, 0.2) is 0 Å². The molecule has 5 nitrogen and oxygen atoms in total. The van der Waals surface area contributed by atoms with Crippen LogP contribution in [0.25, 0.3) is 0 Å². The van der Waals surface area contributed by atoms with E-state index in [0.29, 0.717) is 24.3 Å². The van der Waals surface area contributed by atoms with E-state index in [2.05, 4.69) is 0 Å². The number of nitrogens with two attached hydrogens (primary N) is 1. The van der Waals surface area contributed by atoms with Crippen molar-refractivity contribution in [2.75, 3.05) is 6.54 Å². The molecule has 0 amide bonds. The number of carbonyl (C=O) groups is 1. The fourth-order valence-electron chi connectivity index (χ4n) is 2.58. The van der Waals surface area contributed by atoms with Crippen molar-refractivity contribution in [3.63, 3.8) is 0 Å². The number of hydrogen-bond donors (Lipinski definition) is 4. The van der Waals surface area contributed by atoms with E-state index < -0.39 is 11.9 Å². The maximum absolute atomic E-state index is 11.0. The van der Waals surface area contributed by atoms with Crippen molar-refractivity contribution in [2.24, 2.45) is 17.6 Å². The minimum Gasteiger partial charge on any atom is -0.508 e. The van der Waals surface area contributed by atoms with E-state index in [1.54, 1.807) is 18.2 Å². The lowest BCUT2D eigenvalue weighted by Gasteiger charge is -2.19. The molecule has 0 saturated carbocycles. The zero-order chi connectivity index (χ0) is 15.8. The molecule has 21 heavy (non-hydrogen) atoms. The number of rotatable bonds is 9. The van der Waals surface area contributed by atoms with Crippen LogP contribution in [0.4, 0.5) is 0 Å². The Morgan fingerprint density at radius 3 is 2.38 bits per heavy atom. The summed E-state index contributed by atoms with van der Waals surface area (Å²) in [5, 5.41) is 28.5. The molecule has 0 spiro atoms. The summed E-state index contributed by atoms with van der Waals surface area (Å²) in [5.41, 5.74) is 6.05. The molecule has 2 unspecified atom stereocenters. The molecule has 5 N–H and O–H groups in total. The zero-order valence-electron chi connectivity index (χ0n) is 12.5. The third-order valence-electron chi connectivity index (χ3n) is 3.99. The van der Waals surface area contributed by atoms with Gasteiger partial charge in [-0.05, 0) is 37.3 Å². The van der Waals surface area contributed by atoms with Gasteiger partial charge in [0, 0.05) is 12.1 Å². The Morgan fingerprint density at radius 1 is 1.29 bits per heavy atom. The van der Waals surface area contributed by atoms with Gasteiger partial charge in [-0.3, -0.25) is 4.79 Å². The van der Waals surface area contributed by atoms with Crippen LogP contribution in [-0.2, 0) is 11.2 Å². The average Bonchev–Trinajstić information content (AvgIpc) is 2.45. The van der Waals surface area contributed by atoms with Crippen molar-refractivity contribution in [1.82, 2.24) is 0 Å². The molecule has 0 aliphatic carbocycles. The Balaban J connectivity index is 2.50. The van der Waals surface area contributed by atoms with Crippen molar-refractivity contribution >= 4 is 5.97 Å². The van der Waals surface area contributed by atoms with E-state index in [4.69, 9.17) is 10.8 Å². The molecule has 1 aromatic rings. The van der Waals surface area contributed by atoms with Gasteiger partial charge < -0.3 is 21.1 Å². The number of carboxylic acid groups (broad SMARTS) is 1. The number of aromatic hydroxyl groups is 2. The Morgan fingerprint density at radius 2 is 1.90 bits per heavy atom. The fourth-order valence-corrected chi connectivity index (χ4v) is 2.58. The monoisotopic (exact) mass is 295 g/mol. The van der Waals surface area contributed by atoms with E-state index >= 15 is 0 Å². The van der Waals surface area contributed by atoms with E-state index in [1.807, 2.05) is 6.92 Å². The quantitative estimate of drug-likeness (QED) is 0.560. The highest BCUT2D eigenvalue weighted by atomic mass is 16.4. The Bertz CT molecular complexity index is 441. The summed E-state index contributed by atoms with van der Waals surface area (Å²) < 4.78 is 0. The van der Waals surface area contributed by atoms with E-state index in [9.17, 15) is 15.0 Å². The molecule has 0 bridgehead atoms. The first kappa shape index (κ1) is 17.3. The second-order valence-corrected chi connectivity index (χ2v) is 5.45. The second-order valence-electron chi connectivity index (χ2n) is 5.45. The van der Waals surface area contributed by atoms with Gasteiger partial charge in [0.2, 0.25) is 0 Å².